The average molecular weight is 239 g/mol. The molecule has 1 aliphatic carbocycles. The van der Waals surface area contributed by atoms with Gasteiger partial charge in [0.2, 0.25) is 0 Å². The number of nitrogens with two attached hydrogens (primary N) is 1. The molecule has 0 aliphatic heterocycles. The third-order valence-corrected chi connectivity index (χ3v) is 4.64. The largest absolute Gasteiger partial charge is 0.325 e. The van der Waals surface area contributed by atoms with Gasteiger partial charge in [0.05, 0.1) is 0 Å². The van der Waals surface area contributed by atoms with Gasteiger partial charge < -0.3 is 5.73 Å². The summed E-state index contributed by atoms with van der Waals surface area (Å²) in [5, 5.41) is 0. The third-order valence-electron chi connectivity index (χ3n) is 4.64. The summed E-state index contributed by atoms with van der Waals surface area (Å²) in [6.07, 6.45) is 10.5. The highest BCUT2D eigenvalue weighted by Crippen LogP contribution is 2.38. The van der Waals surface area contributed by atoms with Crippen LogP contribution in [0.3, 0.4) is 0 Å². The van der Waals surface area contributed by atoms with Crippen LogP contribution in [0.4, 0.5) is 0 Å². The van der Waals surface area contributed by atoms with E-state index in [1.165, 1.54) is 51.4 Å². The topological polar surface area (TPSA) is 26.0 Å². The van der Waals surface area contributed by atoms with E-state index in [1.54, 1.807) is 0 Å². The lowest BCUT2D eigenvalue weighted by molar-refractivity contribution is 0.167. The molecular weight excluding hydrogens is 206 g/mol. The van der Waals surface area contributed by atoms with E-state index < -0.39 is 0 Å². The Morgan fingerprint density at radius 2 is 1.88 bits per heavy atom. The van der Waals surface area contributed by atoms with Gasteiger partial charge in [0.1, 0.15) is 0 Å². The molecule has 0 aromatic rings. The smallest absolute Gasteiger partial charge is 0.0159 e. The van der Waals surface area contributed by atoms with E-state index in [2.05, 4.69) is 27.7 Å². The Balaban J connectivity index is 2.50. The van der Waals surface area contributed by atoms with Crippen molar-refractivity contribution in [2.24, 2.45) is 23.5 Å². The van der Waals surface area contributed by atoms with Crippen molar-refractivity contribution >= 4 is 0 Å². The fraction of sp³-hybridized carbons (Fsp3) is 1.00. The van der Waals surface area contributed by atoms with Gasteiger partial charge in [-0.3, -0.25) is 0 Å². The van der Waals surface area contributed by atoms with Gasteiger partial charge in [0.15, 0.2) is 0 Å². The van der Waals surface area contributed by atoms with E-state index >= 15 is 0 Å². The molecular formula is C16H33N. The fourth-order valence-corrected chi connectivity index (χ4v) is 3.73. The molecule has 0 aromatic heterocycles. The zero-order chi connectivity index (χ0) is 12.9. The predicted octanol–water partition coefficient (Wildman–Crippen LogP) is 4.75. The molecule has 2 atom stereocenters. The zero-order valence-corrected chi connectivity index (χ0v) is 12.5. The normalized spacial score (nSPS) is 30.2. The Kier molecular flexibility index (Phi) is 5.99. The molecule has 2 unspecified atom stereocenters. The van der Waals surface area contributed by atoms with Gasteiger partial charge in [-0.05, 0) is 43.4 Å². The summed E-state index contributed by atoms with van der Waals surface area (Å²) >= 11 is 0. The molecule has 1 heteroatoms. The number of hydrogen-bond acceptors (Lipinski definition) is 1. The van der Waals surface area contributed by atoms with Crippen molar-refractivity contribution in [3.63, 3.8) is 0 Å². The van der Waals surface area contributed by atoms with Crippen molar-refractivity contribution in [1.82, 2.24) is 0 Å². The Hall–Kier alpha value is -0.0400. The summed E-state index contributed by atoms with van der Waals surface area (Å²) in [5.41, 5.74) is 6.84. The van der Waals surface area contributed by atoms with Crippen LogP contribution in [-0.2, 0) is 0 Å². The SMILES string of the molecule is CCC(CC)CC1(N)CCCC(CC(C)C)C1. The van der Waals surface area contributed by atoms with Gasteiger partial charge in [-0.15, -0.1) is 0 Å². The number of rotatable bonds is 6. The molecule has 1 fully saturated rings. The number of hydrogen-bond donors (Lipinski definition) is 1. The van der Waals surface area contributed by atoms with Crippen molar-refractivity contribution in [2.45, 2.75) is 84.6 Å². The monoisotopic (exact) mass is 239 g/mol. The molecule has 0 heterocycles. The van der Waals surface area contributed by atoms with Crippen LogP contribution >= 0.6 is 0 Å². The first-order valence-electron chi connectivity index (χ1n) is 7.78. The minimum absolute atomic E-state index is 0.161. The summed E-state index contributed by atoms with van der Waals surface area (Å²) in [6.45, 7) is 9.30. The van der Waals surface area contributed by atoms with Crippen LogP contribution in [0.15, 0.2) is 0 Å². The Morgan fingerprint density at radius 1 is 1.24 bits per heavy atom. The minimum atomic E-state index is 0.161. The third kappa shape index (κ3) is 4.99. The maximum absolute atomic E-state index is 6.68. The standard InChI is InChI=1S/C16H33N/c1-5-14(6-2)11-16(17)9-7-8-15(12-16)10-13(3)4/h13-15H,5-12,17H2,1-4H3. The quantitative estimate of drug-likeness (QED) is 0.711. The molecule has 1 nitrogen and oxygen atoms in total. The van der Waals surface area contributed by atoms with E-state index in [9.17, 15) is 0 Å². The van der Waals surface area contributed by atoms with Crippen molar-refractivity contribution < 1.29 is 0 Å². The molecule has 0 spiro atoms. The van der Waals surface area contributed by atoms with Crippen molar-refractivity contribution in [3.8, 4) is 0 Å². The lowest BCUT2D eigenvalue weighted by Gasteiger charge is -2.40. The summed E-state index contributed by atoms with van der Waals surface area (Å²) in [4.78, 5) is 0. The minimum Gasteiger partial charge on any atom is -0.325 e. The zero-order valence-electron chi connectivity index (χ0n) is 12.5. The molecule has 0 saturated heterocycles. The van der Waals surface area contributed by atoms with Crippen LogP contribution in [0, 0.1) is 17.8 Å². The van der Waals surface area contributed by atoms with Crippen molar-refractivity contribution in [1.29, 1.82) is 0 Å². The van der Waals surface area contributed by atoms with Crippen molar-refractivity contribution in [3.05, 3.63) is 0 Å². The summed E-state index contributed by atoms with van der Waals surface area (Å²) in [7, 11) is 0. The van der Waals surface area contributed by atoms with Gasteiger partial charge in [0.25, 0.3) is 0 Å². The Labute approximate surface area is 109 Å². The van der Waals surface area contributed by atoms with E-state index in [0.29, 0.717) is 0 Å². The molecule has 2 N–H and O–H groups in total. The summed E-state index contributed by atoms with van der Waals surface area (Å²) < 4.78 is 0. The average Bonchev–Trinajstić information content (AvgIpc) is 2.25. The van der Waals surface area contributed by atoms with E-state index in [0.717, 1.165) is 17.8 Å². The Morgan fingerprint density at radius 3 is 2.41 bits per heavy atom. The lowest BCUT2D eigenvalue weighted by atomic mass is 9.69. The second-order valence-electron chi connectivity index (χ2n) is 6.84. The summed E-state index contributed by atoms with van der Waals surface area (Å²) in [6, 6.07) is 0. The maximum atomic E-state index is 6.68. The van der Waals surface area contributed by atoms with Gasteiger partial charge in [0, 0.05) is 5.54 Å². The summed E-state index contributed by atoms with van der Waals surface area (Å²) in [5.74, 6) is 2.57. The van der Waals surface area contributed by atoms with Crippen LogP contribution in [0.5, 0.6) is 0 Å². The molecule has 1 saturated carbocycles. The van der Waals surface area contributed by atoms with E-state index in [4.69, 9.17) is 5.73 Å². The van der Waals surface area contributed by atoms with E-state index in [1.807, 2.05) is 0 Å². The lowest BCUT2D eigenvalue weighted by Crippen LogP contribution is -2.46. The molecule has 0 amide bonds. The van der Waals surface area contributed by atoms with Crippen molar-refractivity contribution in [2.75, 3.05) is 0 Å². The van der Waals surface area contributed by atoms with E-state index in [-0.39, 0.29) is 5.54 Å². The van der Waals surface area contributed by atoms with Crippen LogP contribution < -0.4 is 5.73 Å². The molecule has 17 heavy (non-hydrogen) atoms. The Bertz CT molecular complexity index is 208. The van der Waals surface area contributed by atoms with Gasteiger partial charge in [-0.2, -0.15) is 0 Å². The highest BCUT2D eigenvalue weighted by atomic mass is 14.7. The highest BCUT2D eigenvalue weighted by molar-refractivity contribution is 4.92. The van der Waals surface area contributed by atoms with Crippen LogP contribution in [-0.4, -0.2) is 5.54 Å². The molecule has 1 rings (SSSR count). The molecule has 0 radical (unpaired) electrons. The molecule has 0 aromatic carbocycles. The maximum Gasteiger partial charge on any atom is 0.0159 e. The first-order valence-corrected chi connectivity index (χ1v) is 7.78. The van der Waals surface area contributed by atoms with Crippen LogP contribution in [0.25, 0.3) is 0 Å². The first-order chi connectivity index (χ1) is 7.99. The second kappa shape index (κ2) is 6.78. The van der Waals surface area contributed by atoms with Gasteiger partial charge in [-0.1, -0.05) is 53.4 Å². The first kappa shape index (κ1) is 15.0. The molecule has 0 bridgehead atoms. The fourth-order valence-electron chi connectivity index (χ4n) is 3.73. The predicted molar refractivity (Wildman–Crippen MR) is 77.0 cm³/mol. The van der Waals surface area contributed by atoms with Gasteiger partial charge in [-0.25, -0.2) is 0 Å². The molecule has 1 aliphatic rings. The van der Waals surface area contributed by atoms with Gasteiger partial charge >= 0.3 is 0 Å². The molecule has 102 valence electrons. The highest BCUT2D eigenvalue weighted by Gasteiger charge is 2.34. The second-order valence-corrected chi connectivity index (χ2v) is 6.84. The van der Waals surface area contributed by atoms with Crippen LogP contribution in [0.1, 0.15) is 79.1 Å². The van der Waals surface area contributed by atoms with Crippen LogP contribution in [0.2, 0.25) is 0 Å².